The predicted octanol–water partition coefficient (Wildman–Crippen LogP) is 3.13. The zero-order valence-corrected chi connectivity index (χ0v) is 12.4. The van der Waals surface area contributed by atoms with Gasteiger partial charge in [0.2, 0.25) is 0 Å². The first-order valence-corrected chi connectivity index (χ1v) is 7.18. The predicted molar refractivity (Wildman–Crippen MR) is 79.4 cm³/mol. The van der Waals surface area contributed by atoms with Gasteiger partial charge in [-0.3, -0.25) is 0 Å². The van der Waals surface area contributed by atoms with Crippen LogP contribution in [0.25, 0.3) is 0 Å². The van der Waals surface area contributed by atoms with Crippen LogP contribution in [0, 0.1) is 13.8 Å². The van der Waals surface area contributed by atoms with Crippen LogP contribution in [0.15, 0.2) is 40.6 Å². The van der Waals surface area contributed by atoms with Crippen molar-refractivity contribution in [3.63, 3.8) is 0 Å². The number of aromatic nitrogens is 2. The topological polar surface area (TPSA) is 51.8 Å². The Balaban J connectivity index is 2.08. The van der Waals surface area contributed by atoms with Crippen molar-refractivity contribution >= 4 is 11.8 Å². The Labute approximate surface area is 118 Å². The molecule has 0 saturated heterocycles. The summed E-state index contributed by atoms with van der Waals surface area (Å²) in [5, 5.41) is 0.775. The molecular formula is C15H19N3S. The second-order valence-electron chi connectivity index (χ2n) is 4.90. The van der Waals surface area contributed by atoms with E-state index in [1.54, 1.807) is 11.8 Å². The molecule has 1 unspecified atom stereocenters. The molecular weight excluding hydrogens is 254 g/mol. The number of nitrogens with two attached hydrogens (primary N) is 1. The maximum absolute atomic E-state index is 5.76. The van der Waals surface area contributed by atoms with Crippen LogP contribution in [-0.4, -0.2) is 16.0 Å². The molecule has 2 rings (SSSR count). The van der Waals surface area contributed by atoms with Crippen LogP contribution < -0.4 is 5.73 Å². The first kappa shape index (κ1) is 14.0. The zero-order chi connectivity index (χ0) is 13.8. The quantitative estimate of drug-likeness (QED) is 0.870. The van der Waals surface area contributed by atoms with Crippen LogP contribution >= 0.6 is 11.8 Å². The summed E-state index contributed by atoms with van der Waals surface area (Å²) in [6, 6.07) is 6.54. The minimum Gasteiger partial charge on any atom is -0.328 e. The third kappa shape index (κ3) is 4.04. The summed E-state index contributed by atoms with van der Waals surface area (Å²) in [6.45, 7) is 6.22. The molecule has 2 aromatic rings. The third-order valence-corrected chi connectivity index (χ3v) is 3.81. The maximum atomic E-state index is 5.76. The lowest BCUT2D eigenvalue weighted by atomic mass is 10.1. The lowest BCUT2D eigenvalue weighted by Crippen LogP contribution is -2.17. The summed E-state index contributed by atoms with van der Waals surface area (Å²) in [5.74, 6) is 0. The molecule has 19 heavy (non-hydrogen) atoms. The second kappa shape index (κ2) is 6.17. The molecule has 1 atom stereocenters. The molecule has 1 aromatic heterocycles. The maximum Gasteiger partial charge on any atom is 0.192 e. The Kier molecular flexibility index (Phi) is 4.56. The highest BCUT2D eigenvalue weighted by Gasteiger charge is 2.04. The lowest BCUT2D eigenvalue weighted by Gasteiger charge is -2.06. The first-order valence-electron chi connectivity index (χ1n) is 6.36. The zero-order valence-electron chi connectivity index (χ0n) is 11.6. The molecule has 100 valence electrons. The van der Waals surface area contributed by atoms with Gasteiger partial charge in [0.05, 0.1) is 0 Å². The fourth-order valence-corrected chi connectivity index (χ4v) is 2.55. The number of hydrogen-bond acceptors (Lipinski definition) is 4. The Morgan fingerprint density at radius 2 is 1.84 bits per heavy atom. The van der Waals surface area contributed by atoms with Crippen molar-refractivity contribution in [1.29, 1.82) is 0 Å². The second-order valence-corrected chi connectivity index (χ2v) is 5.94. The van der Waals surface area contributed by atoms with Crippen LogP contribution in [0.1, 0.15) is 23.6 Å². The van der Waals surface area contributed by atoms with Crippen molar-refractivity contribution in [2.24, 2.45) is 5.73 Å². The van der Waals surface area contributed by atoms with E-state index in [0.717, 1.165) is 17.1 Å². The molecule has 3 nitrogen and oxygen atoms in total. The minimum absolute atomic E-state index is 0.141. The molecule has 0 amide bonds. The van der Waals surface area contributed by atoms with Gasteiger partial charge in [-0.25, -0.2) is 9.97 Å². The standard InChI is InChI=1S/C15H19N3S/c1-10-4-5-14(6-11(10)2)19-15-17-8-13(9-18-15)7-12(3)16/h4-6,8-9,12H,7,16H2,1-3H3. The number of hydrogen-bond donors (Lipinski definition) is 1. The van der Waals surface area contributed by atoms with E-state index in [4.69, 9.17) is 5.73 Å². The molecule has 2 N–H and O–H groups in total. The largest absolute Gasteiger partial charge is 0.328 e. The fraction of sp³-hybridized carbons (Fsp3) is 0.333. The number of nitrogens with zero attached hydrogens (tertiary/aromatic N) is 2. The van der Waals surface area contributed by atoms with Gasteiger partial charge in [0.25, 0.3) is 0 Å². The fourth-order valence-electron chi connectivity index (χ4n) is 1.76. The minimum atomic E-state index is 0.141. The Hall–Kier alpha value is -1.39. The van der Waals surface area contributed by atoms with Gasteiger partial charge in [-0.15, -0.1) is 0 Å². The van der Waals surface area contributed by atoms with Gasteiger partial charge in [0.1, 0.15) is 0 Å². The molecule has 0 aliphatic heterocycles. The monoisotopic (exact) mass is 273 g/mol. The van der Waals surface area contributed by atoms with Crippen molar-refractivity contribution in [3.8, 4) is 0 Å². The van der Waals surface area contributed by atoms with E-state index >= 15 is 0 Å². The van der Waals surface area contributed by atoms with Crippen LogP contribution in [0.2, 0.25) is 0 Å². The molecule has 0 aliphatic rings. The van der Waals surface area contributed by atoms with E-state index in [-0.39, 0.29) is 6.04 Å². The summed E-state index contributed by atoms with van der Waals surface area (Å²) in [6.07, 6.45) is 4.54. The van der Waals surface area contributed by atoms with Gasteiger partial charge in [-0.2, -0.15) is 0 Å². The van der Waals surface area contributed by atoms with Gasteiger partial charge in [-0.05, 0) is 67.8 Å². The van der Waals surface area contributed by atoms with Crippen LogP contribution in [-0.2, 0) is 6.42 Å². The number of aryl methyl sites for hydroxylation is 2. The average molecular weight is 273 g/mol. The Morgan fingerprint density at radius 1 is 1.16 bits per heavy atom. The highest BCUT2D eigenvalue weighted by molar-refractivity contribution is 7.99. The van der Waals surface area contributed by atoms with Crippen LogP contribution in [0.3, 0.4) is 0 Å². The molecule has 1 heterocycles. The molecule has 0 aliphatic carbocycles. The van der Waals surface area contributed by atoms with E-state index in [1.807, 2.05) is 19.3 Å². The normalized spacial score (nSPS) is 12.4. The van der Waals surface area contributed by atoms with Crippen LogP contribution in [0.5, 0.6) is 0 Å². The highest BCUT2D eigenvalue weighted by atomic mass is 32.2. The molecule has 0 saturated carbocycles. The molecule has 0 spiro atoms. The Bertz CT molecular complexity index is 550. The van der Waals surface area contributed by atoms with Gasteiger partial charge >= 0.3 is 0 Å². The van der Waals surface area contributed by atoms with Crippen molar-refractivity contribution in [3.05, 3.63) is 47.3 Å². The smallest absolute Gasteiger partial charge is 0.192 e. The van der Waals surface area contributed by atoms with Crippen molar-refractivity contribution in [2.75, 3.05) is 0 Å². The third-order valence-electron chi connectivity index (χ3n) is 2.93. The van der Waals surface area contributed by atoms with Gasteiger partial charge < -0.3 is 5.73 Å². The van der Waals surface area contributed by atoms with Crippen molar-refractivity contribution < 1.29 is 0 Å². The highest BCUT2D eigenvalue weighted by Crippen LogP contribution is 2.26. The lowest BCUT2D eigenvalue weighted by molar-refractivity contribution is 0.727. The molecule has 1 aromatic carbocycles. The van der Waals surface area contributed by atoms with Gasteiger partial charge in [0.15, 0.2) is 5.16 Å². The van der Waals surface area contributed by atoms with Gasteiger partial charge in [-0.1, -0.05) is 6.07 Å². The van der Waals surface area contributed by atoms with Crippen LogP contribution in [0.4, 0.5) is 0 Å². The number of rotatable bonds is 4. The molecule has 0 radical (unpaired) electrons. The Morgan fingerprint density at radius 3 is 2.42 bits per heavy atom. The summed E-state index contributed by atoms with van der Waals surface area (Å²) in [7, 11) is 0. The van der Waals surface area contributed by atoms with E-state index < -0.39 is 0 Å². The van der Waals surface area contributed by atoms with Crippen molar-refractivity contribution in [2.45, 2.75) is 43.3 Å². The van der Waals surface area contributed by atoms with Crippen molar-refractivity contribution in [1.82, 2.24) is 9.97 Å². The van der Waals surface area contributed by atoms with Gasteiger partial charge in [0, 0.05) is 23.3 Å². The summed E-state index contributed by atoms with van der Waals surface area (Å²) < 4.78 is 0. The summed E-state index contributed by atoms with van der Waals surface area (Å²) >= 11 is 1.58. The molecule has 4 heteroatoms. The van der Waals surface area contributed by atoms with E-state index in [2.05, 4.69) is 42.0 Å². The molecule has 0 bridgehead atoms. The average Bonchev–Trinajstić information content (AvgIpc) is 2.36. The van der Waals surface area contributed by atoms with E-state index in [0.29, 0.717) is 0 Å². The summed E-state index contributed by atoms with van der Waals surface area (Å²) in [4.78, 5) is 9.92. The van der Waals surface area contributed by atoms with E-state index in [1.165, 1.54) is 16.0 Å². The molecule has 0 fully saturated rings. The first-order chi connectivity index (χ1) is 9.04. The SMILES string of the molecule is Cc1ccc(Sc2ncc(CC(C)N)cn2)cc1C. The number of benzene rings is 1. The van der Waals surface area contributed by atoms with E-state index in [9.17, 15) is 0 Å². The summed E-state index contributed by atoms with van der Waals surface area (Å²) in [5.41, 5.74) is 9.43.